The van der Waals surface area contributed by atoms with Crippen LogP contribution in [0.1, 0.15) is 17.3 Å². The normalized spacial score (nSPS) is 12.8. The standard InChI is InChI=1S/C14H13Cl2NO4S2/c1-21-13(18)8-11(12-6-3-7-22-12)17-23(19,20)14-9(15)4-2-5-10(14)16/h2-7,11,17H,8H2,1H3/t11-/m0/s1. The molecule has 5 nitrogen and oxygen atoms in total. The van der Waals surface area contributed by atoms with E-state index in [0.29, 0.717) is 4.88 Å². The average Bonchev–Trinajstić information content (AvgIpc) is 2.99. The molecule has 0 radical (unpaired) electrons. The van der Waals surface area contributed by atoms with Crippen molar-refractivity contribution in [2.45, 2.75) is 17.4 Å². The van der Waals surface area contributed by atoms with Gasteiger partial charge in [0.25, 0.3) is 0 Å². The van der Waals surface area contributed by atoms with Gasteiger partial charge < -0.3 is 4.74 Å². The van der Waals surface area contributed by atoms with E-state index in [0.717, 1.165) is 0 Å². The number of benzene rings is 1. The first-order valence-electron chi connectivity index (χ1n) is 6.41. The van der Waals surface area contributed by atoms with Crippen LogP contribution in [0.25, 0.3) is 0 Å². The number of methoxy groups -OCH3 is 1. The van der Waals surface area contributed by atoms with Crippen molar-refractivity contribution >= 4 is 50.5 Å². The van der Waals surface area contributed by atoms with E-state index >= 15 is 0 Å². The van der Waals surface area contributed by atoms with Crippen LogP contribution >= 0.6 is 34.5 Å². The van der Waals surface area contributed by atoms with Crippen LogP contribution in [0, 0.1) is 0 Å². The Hall–Kier alpha value is -1.12. The van der Waals surface area contributed by atoms with Crippen LogP contribution in [-0.4, -0.2) is 21.5 Å². The fraction of sp³-hybridized carbons (Fsp3) is 0.214. The lowest BCUT2D eigenvalue weighted by Crippen LogP contribution is -2.30. The van der Waals surface area contributed by atoms with Crippen molar-refractivity contribution in [3.8, 4) is 0 Å². The lowest BCUT2D eigenvalue weighted by atomic mass is 10.2. The zero-order valence-electron chi connectivity index (χ0n) is 12.0. The average molecular weight is 394 g/mol. The summed E-state index contributed by atoms with van der Waals surface area (Å²) < 4.78 is 32.3. The molecule has 23 heavy (non-hydrogen) atoms. The van der Waals surface area contributed by atoms with E-state index in [9.17, 15) is 13.2 Å². The maximum Gasteiger partial charge on any atom is 0.307 e. The predicted octanol–water partition coefficient (Wildman–Crippen LogP) is 3.64. The van der Waals surface area contributed by atoms with Crippen LogP contribution in [0.4, 0.5) is 0 Å². The Kier molecular flexibility index (Phi) is 6.05. The van der Waals surface area contributed by atoms with Crippen molar-refractivity contribution in [1.82, 2.24) is 4.72 Å². The first-order chi connectivity index (χ1) is 10.8. The number of hydrogen-bond acceptors (Lipinski definition) is 5. The molecule has 0 spiro atoms. The smallest absolute Gasteiger partial charge is 0.307 e. The third kappa shape index (κ3) is 4.45. The Balaban J connectivity index is 2.37. The van der Waals surface area contributed by atoms with Crippen LogP contribution < -0.4 is 4.72 Å². The van der Waals surface area contributed by atoms with Gasteiger partial charge in [-0.15, -0.1) is 11.3 Å². The number of thiophene rings is 1. The molecule has 1 aromatic heterocycles. The molecule has 0 bridgehead atoms. The number of carbonyl (C=O) groups excluding carboxylic acids is 1. The maximum absolute atomic E-state index is 12.6. The zero-order chi connectivity index (χ0) is 17.0. The third-order valence-electron chi connectivity index (χ3n) is 2.97. The Morgan fingerprint density at radius 2 is 1.91 bits per heavy atom. The number of ether oxygens (including phenoxy) is 1. The second-order valence-corrected chi connectivity index (χ2v) is 7.96. The molecule has 0 aliphatic heterocycles. The molecule has 0 unspecified atom stereocenters. The molecule has 1 aromatic carbocycles. The Morgan fingerprint density at radius 3 is 2.43 bits per heavy atom. The van der Waals surface area contributed by atoms with Crippen LogP contribution in [0.15, 0.2) is 40.6 Å². The molecule has 0 aliphatic carbocycles. The van der Waals surface area contributed by atoms with Crippen molar-refractivity contribution in [2.24, 2.45) is 0 Å². The van der Waals surface area contributed by atoms with Gasteiger partial charge >= 0.3 is 5.97 Å². The highest BCUT2D eigenvalue weighted by Crippen LogP contribution is 2.31. The van der Waals surface area contributed by atoms with E-state index in [1.54, 1.807) is 23.6 Å². The molecule has 1 atom stereocenters. The molecule has 1 heterocycles. The van der Waals surface area contributed by atoms with Gasteiger partial charge in [-0.1, -0.05) is 35.3 Å². The Morgan fingerprint density at radius 1 is 1.26 bits per heavy atom. The van der Waals surface area contributed by atoms with Crippen LogP contribution in [0.3, 0.4) is 0 Å². The number of nitrogens with one attached hydrogen (secondary N) is 1. The summed E-state index contributed by atoms with van der Waals surface area (Å²) in [5.74, 6) is -0.531. The molecule has 2 rings (SSSR count). The monoisotopic (exact) mass is 393 g/mol. The van der Waals surface area contributed by atoms with Gasteiger partial charge in [-0.3, -0.25) is 4.79 Å². The molecule has 0 saturated heterocycles. The van der Waals surface area contributed by atoms with E-state index in [-0.39, 0.29) is 21.4 Å². The van der Waals surface area contributed by atoms with Gasteiger partial charge in [0.05, 0.1) is 29.6 Å². The second-order valence-electron chi connectivity index (χ2n) is 4.52. The number of rotatable bonds is 6. The van der Waals surface area contributed by atoms with Crippen LogP contribution in [0.2, 0.25) is 10.0 Å². The molecular weight excluding hydrogens is 381 g/mol. The molecule has 1 N–H and O–H groups in total. The minimum Gasteiger partial charge on any atom is -0.469 e. The van der Waals surface area contributed by atoms with Gasteiger partial charge in [0.2, 0.25) is 10.0 Å². The van der Waals surface area contributed by atoms with E-state index < -0.39 is 22.0 Å². The van der Waals surface area contributed by atoms with Gasteiger partial charge in [0, 0.05) is 4.88 Å². The summed E-state index contributed by atoms with van der Waals surface area (Å²) in [6.45, 7) is 0. The number of esters is 1. The first-order valence-corrected chi connectivity index (χ1v) is 9.53. The largest absolute Gasteiger partial charge is 0.469 e. The van der Waals surface area contributed by atoms with Gasteiger partial charge in [0.1, 0.15) is 4.90 Å². The fourth-order valence-electron chi connectivity index (χ4n) is 1.93. The Bertz CT molecular complexity index is 771. The van der Waals surface area contributed by atoms with Crippen LogP contribution in [0.5, 0.6) is 0 Å². The van der Waals surface area contributed by atoms with Crippen LogP contribution in [-0.2, 0) is 19.6 Å². The summed E-state index contributed by atoms with van der Waals surface area (Å²) >= 11 is 13.3. The minimum atomic E-state index is -4.02. The van der Waals surface area contributed by atoms with Crippen molar-refractivity contribution in [1.29, 1.82) is 0 Å². The van der Waals surface area contributed by atoms with E-state index in [4.69, 9.17) is 23.2 Å². The van der Waals surface area contributed by atoms with Crippen molar-refractivity contribution in [3.05, 3.63) is 50.6 Å². The lowest BCUT2D eigenvalue weighted by Gasteiger charge is -2.17. The molecule has 124 valence electrons. The SMILES string of the molecule is COC(=O)C[C@H](NS(=O)(=O)c1c(Cl)cccc1Cl)c1cccs1. The van der Waals surface area contributed by atoms with Gasteiger partial charge in [-0.2, -0.15) is 0 Å². The summed E-state index contributed by atoms with van der Waals surface area (Å²) in [6.07, 6.45) is -0.141. The van der Waals surface area contributed by atoms with Gasteiger partial charge in [-0.05, 0) is 23.6 Å². The second kappa shape index (κ2) is 7.63. The highest BCUT2D eigenvalue weighted by atomic mass is 35.5. The number of halogens is 2. The third-order valence-corrected chi connectivity index (χ3v) is 6.38. The predicted molar refractivity (Wildman–Crippen MR) is 90.5 cm³/mol. The molecule has 0 saturated carbocycles. The topological polar surface area (TPSA) is 72.5 Å². The Labute approximate surface area is 148 Å². The number of hydrogen-bond donors (Lipinski definition) is 1. The lowest BCUT2D eigenvalue weighted by molar-refractivity contribution is -0.141. The number of sulfonamides is 1. The maximum atomic E-state index is 12.6. The molecule has 0 amide bonds. The molecule has 9 heteroatoms. The van der Waals surface area contributed by atoms with Gasteiger partial charge in [0.15, 0.2) is 0 Å². The highest BCUT2D eigenvalue weighted by Gasteiger charge is 2.28. The summed E-state index contributed by atoms with van der Waals surface area (Å²) in [5.41, 5.74) is 0. The number of carbonyl (C=O) groups is 1. The van der Waals surface area contributed by atoms with Crippen molar-refractivity contribution < 1.29 is 17.9 Å². The van der Waals surface area contributed by atoms with E-state index in [1.165, 1.54) is 30.6 Å². The summed E-state index contributed by atoms with van der Waals surface area (Å²) in [4.78, 5) is 12.0. The molecule has 2 aromatic rings. The quantitative estimate of drug-likeness (QED) is 0.760. The van der Waals surface area contributed by atoms with E-state index in [2.05, 4.69) is 9.46 Å². The van der Waals surface area contributed by atoms with Gasteiger partial charge in [-0.25, -0.2) is 13.1 Å². The van der Waals surface area contributed by atoms with Crippen molar-refractivity contribution in [3.63, 3.8) is 0 Å². The highest BCUT2D eigenvalue weighted by molar-refractivity contribution is 7.89. The molecule has 0 aliphatic rings. The van der Waals surface area contributed by atoms with E-state index in [1.807, 2.05) is 0 Å². The molecular formula is C14H13Cl2NO4S2. The first kappa shape index (κ1) is 18.2. The fourth-order valence-corrected chi connectivity index (χ4v) is 5.14. The zero-order valence-corrected chi connectivity index (χ0v) is 15.1. The minimum absolute atomic E-state index is 0.00741. The summed E-state index contributed by atoms with van der Waals surface area (Å²) in [5, 5.41) is 1.80. The van der Waals surface area contributed by atoms with Crippen molar-refractivity contribution in [2.75, 3.05) is 7.11 Å². The summed E-state index contributed by atoms with van der Waals surface area (Å²) in [6, 6.07) is 7.15. The summed E-state index contributed by atoms with van der Waals surface area (Å²) in [7, 11) is -2.77. The molecule has 0 fully saturated rings.